The molecule has 0 radical (unpaired) electrons. The fraction of sp³-hybridized carbons (Fsp3) is 0.542. The summed E-state index contributed by atoms with van der Waals surface area (Å²) in [5.41, 5.74) is 2.34. The zero-order chi connectivity index (χ0) is 24.1. The summed E-state index contributed by atoms with van der Waals surface area (Å²) in [5, 5.41) is 10.3. The van der Waals surface area contributed by atoms with Crippen LogP contribution in [0.4, 0.5) is 9.18 Å². The minimum atomic E-state index is -1.37. The van der Waals surface area contributed by atoms with E-state index in [0.29, 0.717) is 18.8 Å². The number of carbonyl (C=O) groups is 2. The molecule has 0 spiro atoms. The van der Waals surface area contributed by atoms with Gasteiger partial charge in [0.05, 0.1) is 44.2 Å². The SMILES string of the molecule is COC(=O)NCC(F)Cn1nc([C@@H](C)N(C(=O)[C@H]2CNCCO2)C2CC2)cc1-c1ccccc1. The minimum Gasteiger partial charge on any atom is -0.453 e. The number of hydrogen-bond acceptors (Lipinski definition) is 6. The first-order chi connectivity index (χ1) is 16.5. The first-order valence-corrected chi connectivity index (χ1v) is 11.7. The van der Waals surface area contributed by atoms with Crippen LogP contribution in [0, 0.1) is 0 Å². The highest BCUT2D eigenvalue weighted by molar-refractivity contribution is 5.82. The Kier molecular flexibility index (Phi) is 7.79. The molecule has 184 valence electrons. The molecule has 2 aromatic rings. The zero-order valence-corrected chi connectivity index (χ0v) is 19.6. The van der Waals surface area contributed by atoms with Crippen molar-refractivity contribution in [2.45, 2.75) is 50.7 Å². The molecular formula is C24H32FN5O4. The van der Waals surface area contributed by atoms with E-state index in [9.17, 15) is 14.0 Å². The molecule has 2 N–H and O–H groups in total. The molecule has 1 aliphatic heterocycles. The Morgan fingerprint density at radius 1 is 1.35 bits per heavy atom. The molecule has 0 bridgehead atoms. The van der Waals surface area contributed by atoms with Crippen LogP contribution in [0.5, 0.6) is 0 Å². The molecule has 2 amide bonds. The van der Waals surface area contributed by atoms with Crippen molar-refractivity contribution in [3.8, 4) is 11.3 Å². The van der Waals surface area contributed by atoms with Crippen molar-refractivity contribution in [1.82, 2.24) is 25.3 Å². The fourth-order valence-electron chi connectivity index (χ4n) is 4.21. The van der Waals surface area contributed by atoms with E-state index in [4.69, 9.17) is 9.84 Å². The van der Waals surface area contributed by atoms with Crippen molar-refractivity contribution >= 4 is 12.0 Å². The van der Waals surface area contributed by atoms with Gasteiger partial charge < -0.3 is 25.0 Å². The van der Waals surface area contributed by atoms with Gasteiger partial charge in [0.15, 0.2) is 0 Å². The number of methoxy groups -OCH3 is 1. The monoisotopic (exact) mass is 473 g/mol. The summed E-state index contributed by atoms with van der Waals surface area (Å²) < 4.78 is 26.6. The Hall–Kier alpha value is -2.98. The number of rotatable bonds is 9. The first kappa shape index (κ1) is 24.2. The summed E-state index contributed by atoms with van der Waals surface area (Å²) in [6.07, 6.45) is -0.652. The number of nitrogens with one attached hydrogen (secondary N) is 2. The smallest absolute Gasteiger partial charge is 0.406 e. The zero-order valence-electron chi connectivity index (χ0n) is 19.6. The molecule has 2 heterocycles. The molecule has 1 saturated heterocycles. The van der Waals surface area contributed by atoms with E-state index in [1.165, 1.54) is 7.11 Å². The Morgan fingerprint density at radius 3 is 2.76 bits per heavy atom. The number of amides is 2. The summed E-state index contributed by atoms with van der Waals surface area (Å²) in [7, 11) is 1.23. The van der Waals surface area contributed by atoms with Gasteiger partial charge in [-0.2, -0.15) is 5.10 Å². The first-order valence-electron chi connectivity index (χ1n) is 11.7. The van der Waals surface area contributed by atoms with Gasteiger partial charge in [-0.05, 0) is 31.4 Å². The predicted molar refractivity (Wildman–Crippen MR) is 124 cm³/mol. The van der Waals surface area contributed by atoms with E-state index in [-0.39, 0.29) is 31.1 Å². The molecule has 34 heavy (non-hydrogen) atoms. The van der Waals surface area contributed by atoms with Crippen LogP contribution in [0.3, 0.4) is 0 Å². The van der Waals surface area contributed by atoms with Gasteiger partial charge in [-0.1, -0.05) is 30.3 Å². The molecule has 1 aliphatic carbocycles. The van der Waals surface area contributed by atoms with Crippen LogP contribution in [0.1, 0.15) is 31.5 Å². The lowest BCUT2D eigenvalue weighted by molar-refractivity contribution is -0.148. The third-order valence-corrected chi connectivity index (χ3v) is 6.14. The number of halogens is 1. The second-order valence-electron chi connectivity index (χ2n) is 8.69. The fourth-order valence-corrected chi connectivity index (χ4v) is 4.21. The largest absolute Gasteiger partial charge is 0.453 e. The van der Waals surface area contributed by atoms with Gasteiger partial charge in [0.1, 0.15) is 12.3 Å². The van der Waals surface area contributed by atoms with E-state index in [2.05, 4.69) is 15.4 Å². The van der Waals surface area contributed by atoms with Gasteiger partial charge in [0.25, 0.3) is 5.91 Å². The quantitative estimate of drug-likeness (QED) is 0.580. The van der Waals surface area contributed by atoms with Crippen molar-refractivity contribution in [1.29, 1.82) is 0 Å². The number of alkyl halides is 1. The van der Waals surface area contributed by atoms with Gasteiger partial charge in [-0.15, -0.1) is 0 Å². The maximum atomic E-state index is 14.7. The number of hydrogen-bond donors (Lipinski definition) is 2. The molecular weight excluding hydrogens is 441 g/mol. The standard InChI is InChI=1S/C24H32FN5O4/c1-16(30(19-8-9-19)23(31)22-14-26-10-11-34-22)20-12-21(17-6-4-3-5-7-17)29(28-20)15-18(25)13-27-24(32)33-2/h3-7,12,16,18-19,22,26H,8-11,13-15H2,1-2H3,(H,27,32)/t16-,18?,22-/m1/s1. The minimum absolute atomic E-state index is 0.0383. The lowest BCUT2D eigenvalue weighted by Crippen LogP contribution is -2.50. The van der Waals surface area contributed by atoms with Gasteiger partial charge in [-0.25, -0.2) is 9.18 Å². The Bertz CT molecular complexity index is 975. The van der Waals surface area contributed by atoms with Crippen molar-refractivity contribution in [3.05, 3.63) is 42.1 Å². The van der Waals surface area contributed by atoms with E-state index >= 15 is 0 Å². The Labute approximate surface area is 198 Å². The second kappa shape index (κ2) is 11.0. The summed E-state index contributed by atoms with van der Waals surface area (Å²) in [4.78, 5) is 26.5. The van der Waals surface area contributed by atoms with E-state index in [0.717, 1.165) is 30.6 Å². The predicted octanol–water partition coefficient (Wildman–Crippen LogP) is 2.28. The maximum Gasteiger partial charge on any atom is 0.406 e. The lowest BCUT2D eigenvalue weighted by Gasteiger charge is -2.33. The van der Waals surface area contributed by atoms with Crippen LogP contribution in [0.15, 0.2) is 36.4 Å². The van der Waals surface area contributed by atoms with Gasteiger partial charge in [0.2, 0.25) is 0 Å². The van der Waals surface area contributed by atoms with E-state index < -0.39 is 18.4 Å². The molecule has 2 fully saturated rings. The summed E-state index contributed by atoms with van der Waals surface area (Å²) in [6.45, 7) is 3.46. The molecule has 3 atom stereocenters. The molecule has 1 saturated carbocycles. The van der Waals surface area contributed by atoms with Crippen LogP contribution < -0.4 is 10.6 Å². The average molecular weight is 474 g/mol. The van der Waals surface area contributed by atoms with Gasteiger partial charge in [0, 0.05) is 19.1 Å². The van der Waals surface area contributed by atoms with Crippen molar-refractivity contribution in [2.75, 3.05) is 33.4 Å². The van der Waals surface area contributed by atoms with Crippen molar-refractivity contribution in [2.24, 2.45) is 0 Å². The molecule has 9 nitrogen and oxygen atoms in total. The van der Waals surface area contributed by atoms with E-state index in [1.54, 1.807) is 4.68 Å². The van der Waals surface area contributed by atoms with E-state index in [1.807, 2.05) is 48.2 Å². The summed E-state index contributed by atoms with van der Waals surface area (Å²) in [6, 6.07) is 11.4. The third kappa shape index (κ3) is 5.74. The van der Waals surface area contributed by atoms with Crippen LogP contribution in [0.25, 0.3) is 11.3 Å². The summed E-state index contributed by atoms with van der Waals surface area (Å²) in [5.74, 6) is -0.0383. The Morgan fingerprint density at radius 2 is 2.12 bits per heavy atom. The topological polar surface area (TPSA) is 97.7 Å². The maximum absolute atomic E-state index is 14.7. The number of alkyl carbamates (subject to hydrolysis) is 1. The highest BCUT2D eigenvalue weighted by atomic mass is 19.1. The summed E-state index contributed by atoms with van der Waals surface area (Å²) >= 11 is 0. The van der Waals surface area contributed by atoms with Crippen LogP contribution in [0.2, 0.25) is 0 Å². The normalized spacial score (nSPS) is 19.8. The highest BCUT2D eigenvalue weighted by Crippen LogP contribution is 2.36. The van der Waals surface area contributed by atoms with Gasteiger partial charge in [-0.3, -0.25) is 9.48 Å². The molecule has 1 aromatic heterocycles. The highest BCUT2D eigenvalue weighted by Gasteiger charge is 2.40. The van der Waals surface area contributed by atoms with Gasteiger partial charge >= 0.3 is 6.09 Å². The Balaban J connectivity index is 1.58. The van der Waals surface area contributed by atoms with Crippen molar-refractivity contribution in [3.63, 3.8) is 0 Å². The molecule has 4 rings (SSSR count). The lowest BCUT2D eigenvalue weighted by atomic mass is 10.1. The van der Waals surface area contributed by atoms with Crippen LogP contribution in [-0.4, -0.2) is 78.3 Å². The van der Waals surface area contributed by atoms with Crippen LogP contribution >= 0.6 is 0 Å². The molecule has 1 unspecified atom stereocenters. The molecule has 2 aliphatic rings. The van der Waals surface area contributed by atoms with Crippen molar-refractivity contribution < 1.29 is 23.5 Å². The third-order valence-electron chi connectivity index (χ3n) is 6.14. The molecule has 1 aromatic carbocycles. The number of aromatic nitrogens is 2. The number of nitrogens with zero attached hydrogens (tertiary/aromatic N) is 3. The number of benzene rings is 1. The number of ether oxygens (including phenoxy) is 2. The number of carbonyl (C=O) groups excluding carboxylic acids is 2. The van der Waals surface area contributed by atoms with Crippen LogP contribution in [-0.2, 0) is 20.8 Å². The average Bonchev–Trinajstić information content (AvgIpc) is 3.62. The second-order valence-corrected chi connectivity index (χ2v) is 8.69. The number of morpholine rings is 1. The molecule has 10 heteroatoms.